The van der Waals surface area contributed by atoms with Crippen LogP contribution in [0.5, 0.6) is 0 Å². The first-order valence-electron chi connectivity index (χ1n) is 7.61. The zero-order chi connectivity index (χ0) is 18.0. The number of nitrogens with one attached hydrogen (secondary N) is 1. The highest BCUT2D eigenvalue weighted by Crippen LogP contribution is 2.20. The molecular weight excluding hydrogens is 325 g/mol. The molecule has 0 heterocycles. The van der Waals surface area contributed by atoms with Gasteiger partial charge in [-0.3, -0.25) is 10.1 Å². The zero-order valence-electron chi connectivity index (χ0n) is 14.0. The number of rotatable bonds is 10. The number of carbonyl (C=O) groups excluding carboxylic acids is 2. The largest absolute Gasteiger partial charge is 0.505 e. The monoisotopic (exact) mass is 352 g/mol. The number of hydrogen-bond acceptors (Lipinski definition) is 6. The predicted molar refractivity (Wildman–Crippen MR) is 83.7 cm³/mol. The molecule has 0 aromatic carbocycles. The standard InChI is InChI=1S/C14H26NO7P/c1-9(2)13(17)21-11(4)22-14(18)15-12(16)6-5-10(3)7-8-23(19)20/h9-12,16H,5-8H2,1-4H3,(H-,15,18,19,20)/p+1. The zero-order valence-corrected chi connectivity index (χ0v) is 14.9. The summed E-state index contributed by atoms with van der Waals surface area (Å²) < 4.78 is 20.3. The lowest BCUT2D eigenvalue weighted by molar-refractivity contribution is -0.168. The van der Waals surface area contributed by atoms with Gasteiger partial charge in [-0.1, -0.05) is 20.8 Å². The first kappa shape index (κ1) is 21.8. The highest BCUT2D eigenvalue weighted by molar-refractivity contribution is 7.37. The van der Waals surface area contributed by atoms with Crippen LogP contribution in [0.15, 0.2) is 0 Å². The van der Waals surface area contributed by atoms with E-state index in [0.717, 1.165) is 0 Å². The number of aliphatic hydroxyl groups excluding tert-OH is 1. The second-order valence-electron chi connectivity index (χ2n) is 5.77. The van der Waals surface area contributed by atoms with Crippen molar-refractivity contribution in [2.45, 2.75) is 59.5 Å². The molecule has 3 N–H and O–H groups in total. The Hall–Kier alpha value is -1.24. The van der Waals surface area contributed by atoms with Crippen molar-refractivity contribution in [3.63, 3.8) is 0 Å². The second kappa shape index (κ2) is 11.3. The molecule has 0 aliphatic heterocycles. The minimum Gasteiger partial charge on any atom is -0.425 e. The van der Waals surface area contributed by atoms with E-state index in [1.54, 1.807) is 13.8 Å². The van der Waals surface area contributed by atoms with Gasteiger partial charge in [-0.25, -0.2) is 4.79 Å². The number of aliphatic hydroxyl groups is 1. The van der Waals surface area contributed by atoms with Gasteiger partial charge in [0.1, 0.15) is 6.23 Å². The molecule has 0 aromatic heterocycles. The third-order valence-corrected chi connectivity index (χ3v) is 3.70. The molecule has 134 valence electrons. The topological polar surface area (TPSA) is 122 Å². The average Bonchev–Trinajstić information content (AvgIpc) is 2.42. The van der Waals surface area contributed by atoms with E-state index in [9.17, 15) is 19.3 Å². The van der Waals surface area contributed by atoms with Gasteiger partial charge in [0.15, 0.2) is 6.16 Å². The van der Waals surface area contributed by atoms with Crippen LogP contribution in [0.4, 0.5) is 4.79 Å². The quantitative estimate of drug-likeness (QED) is 0.313. The summed E-state index contributed by atoms with van der Waals surface area (Å²) in [5.74, 6) is -0.661. The van der Waals surface area contributed by atoms with Gasteiger partial charge >= 0.3 is 20.1 Å². The number of ether oxygens (including phenoxy) is 2. The molecule has 0 rings (SSSR count). The molecule has 0 saturated heterocycles. The summed E-state index contributed by atoms with van der Waals surface area (Å²) in [6.45, 7) is 6.63. The molecule has 8 nitrogen and oxygen atoms in total. The second-order valence-corrected chi connectivity index (χ2v) is 6.92. The third-order valence-electron chi connectivity index (χ3n) is 3.06. The summed E-state index contributed by atoms with van der Waals surface area (Å²) >= 11 is 0. The Bertz CT molecular complexity index is 403. The molecule has 0 saturated carbocycles. The summed E-state index contributed by atoms with van der Waals surface area (Å²) in [5, 5.41) is 11.9. The number of hydrogen-bond donors (Lipinski definition) is 3. The highest BCUT2D eigenvalue weighted by Gasteiger charge is 2.19. The van der Waals surface area contributed by atoms with Crippen molar-refractivity contribution in [2.75, 3.05) is 6.16 Å². The van der Waals surface area contributed by atoms with Crippen LogP contribution in [-0.4, -0.2) is 40.7 Å². The van der Waals surface area contributed by atoms with Crippen LogP contribution in [0.1, 0.15) is 47.0 Å². The Labute approximate surface area is 137 Å². The fourth-order valence-electron chi connectivity index (χ4n) is 1.63. The first-order valence-corrected chi connectivity index (χ1v) is 9.00. The average molecular weight is 352 g/mol. The van der Waals surface area contributed by atoms with Crippen LogP contribution in [-0.2, 0) is 18.8 Å². The molecular formula is C14H27NO7P+. The van der Waals surface area contributed by atoms with Crippen molar-refractivity contribution in [3.05, 3.63) is 0 Å². The maximum absolute atomic E-state index is 11.5. The van der Waals surface area contributed by atoms with E-state index in [4.69, 9.17) is 14.4 Å². The molecule has 9 heteroatoms. The van der Waals surface area contributed by atoms with E-state index in [1.165, 1.54) is 6.92 Å². The molecule has 0 bridgehead atoms. The Kier molecular flexibility index (Phi) is 10.7. The van der Waals surface area contributed by atoms with Crippen LogP contribution in [0, 0.1) is 11.8 Å². The van der Waals surface area contributed by atoms with Crippen LogP contribution < -0.4 is 5.32 Å². The van der Waals surface area contributed by atoms with Gasteiger partial charge < -0.3 is 14.6 Å². The highest BCUT2D eigenvalue weighted by atomic mass is 31.1. The molecule has 0 radical (unpaired) electrons. The third kappa shape index (κ3) is 11.9. The Balaban J connectivity index is 3.96. The fourth-order valence-corrected chi connectivity index (χ4v) is 2.30. The maximum Gasteiger partial charge on any atom is 0.505 e. The van der Waals surface area contributed by atoms with Gasteiger partial charge in [0, 0.05) is 6.92 Å². The van der Waals surface area contributed by atoms with Crippen molar-refractivity contribution in [3.8, 4) is 0 Å². The Morgan fingerprint density at radius 1 is 1.09 bits per heavy atom. The minimum atomic E-state index is -2.14. The molecule has 0 spiro atoms. The summed E-state index contributed by atoms with van der Waals surface area (Å²) in [6.07, 6.45) is -1.35. The van der Waals surface area contributed by atoms with E-state index < -0.39 is 32.6 Å². The van der Waals surface area contributed by atoms with Gasteiger partial charge in [0.05, 0.1) is 5.92 Å². The van der Waals surface area contributed by atoms with Gasteiger partial charge in [-0.2, -0.15) is 4.89 Å². The summed E-state index contributed by atoms with van der Waals surface area (Å²) in [5.41, 5.74) is 0. The summed E-state index contributed by atoms with van der Waals surface area (Å²) in [7, 11) is -2.14. The number of esters is 1. The van der Waals surface area contributed by atoms with E-state index in [0.29, 0.717) is 19.3 Å². The first-order chi connectivity index (χ1) is 10.6. The lowest BCUT2D eigenvalue weighted by Crippen LogP contribution is -2.38. The van der Waals surface area contributed by atoms with Crippen molar-refractivity contribution in [1.82, 2.24) is 5.32 Å². The van der Waals surface area contributed by atoms with E-state index in [1.807, 2.05) is 6.92 Å². The summed E-state index contributed by atoms with van der Waals surface area (Å²) in [4.78, 5) is 31.6. The van der Waals surface area contributed by atoms with Crippen LogP contribution in [0.3, 0.4) is 0 Å². The maximum atomic E-state index is 11.5. The molecule has 0 aliphatic rings. The SMILES string of the molecule is CC(CCC(O)NC(=O)OC(C)OC(=O)C(C)C)CC[P+](=O)O. The molecule has 4 atom stereocenters. The number of amides is 1. The van der Waals surface area contributed by atoms with Gasteiger partial charge in [-0.05, 0) is 29.7 Å². The molecule has 0 aliphatic carbocycles. The lowest BCUT2D eigenvalue weighted by Gasteiger charge is -2.18. The van der Waals surface area contributed by atoms with Crippen LogP contribution in [0.25, 0.3) is 0 Å². The van der Waals surface area contributed by atoms with Crippen LogP contribution in [0.2, 0.25) is 0 Å². The van der Waals surface area contributed by atoms with E-state index in [-0.39, 0.29) is 18.0 Å². The van der Waals surface area contributed by atoms with E-state index >= 15 is 0 Å². The molecule has 4 unspecified atom stereocenters. The van der Waals surface area contributed by atoms with Gasteiger partial charge in [-0.15, -0.1) is 0 Å². The van der Waals surface area contributed by atoms with Crippen LogP contribution >= 0.6 is 8.03 Å². The molecule has 23 heavy (non-hydrogen) atoms. The number of alkyl carbamates (subject to hydrolysis) is 1. The normalized spacial score (nSPS) is 15.5. The van der Waals surface area contributed by atoms with E-state index in [2.05, 4.69) is 5.32 Å². The summed E-state index contributed by atoms with van der Waals surface area (Å²) in [6, 6.07) is 0. The fraction of sp³-hybridized carbons (Fsp3) is 0.857. The van der Waals surface area contributed by atoms with Crippen molar-refractivity contribution in [2.24, 2.45) is 11.8 Å². The predicted octanol–water partition coefficient (Wildman–Crippen LogP) is 2.12. The minimum absolute atomic E-state index is 0.152. The smallest absolute Gasteiger partial charge is 0.425 e. The lowest BCUT2D eigenvalue weighted by atomic mass is 10.0. The van der Waals surface area contributed by atoms with Crippen molar-refractivity contribution in [1.29, 1.82) is 0 Å². The van der Waals surface area contributed by atoms with Gasteiger partial charge in [0.25, 0.3) is 0 Å². The molecule has 1 amide bonds. The Morgan fingerprint density at radius 2 is 1.70 bits per heavy atom. The molecule has 0 fully saturated rings. The molecule has 0 aromatic rings. The van der Waals surface area contributed by atoms with Crippen molar-refractivity contribution >= 4 is 20.1 Å². The van der Waals surface area contributed by atoms with Crippen molar-refractivity contribution < 1.29 is 33.6 Å². The Morgan fingerprint density at radius 3 is 2.22 bits per heavy atom. The number of carbonyl (C=O) groups is 2. The van der Waals surface area contributed by atoms with Gasteiger partial charge in [0.2, 0.25) is 6.29 Å².